The molecule has 3 aromatic rings. The summed E-state index contributed by atoms with van der Waals surface area (Å²) in [5.41, 5.74) is 3.58. The molecule has 1 saturated heterocycles. The first-order chi connectivity index (χ1) is 16.1. The molecule has 3 heterocycles. The molecule has 9 nitrogen and oxygen atoms in total. The number of nitro groups is 1. The normalized spacial score (nSPS) is 15.8. The third kappa shape index (κ3) is 4.13. The van der Waals surface area contributed by atoms with Crippen LogP contribution < -0.4 is 19.4 Å². The van der Waals surface area contributed by atoms with Crippen LogP contribution >= 0.6 is 0 Å². The van der Waals surface area contributed by atoms with Crippen LogP contribution in [0.5, 0.6) is 5.75 Å². The number of benzene rings is 2. The second-order valence-electron chi connectivity index (χ2n) is 8.24. The molecule has 0 N–H and O–H groups in total. The van der Waals surface area contributed by atoms with Crippen LogP contribution in [0, 0.1) is 10.1 Å². The molecule has 0 radical (unpaired) electrons. The summed E-state index contributed by atoms with van der Waals surface area (Å²) in [6.07, 6.45) is 2.29. The number of nitrogens with zero attached hydrogens (tertiary/aromatic N) is 6. The van der Waals surface area contributed by atoms with E-state index < -0.39 is 0 Å². The molecular formula is C24H26N6O3. The lowest BCUT2D eigenvalue weighted by Crippen LogP contribution is -2.47. The van der Waals surface area contributed by atoms with Crippen LogP contribution in [0.4, 0.5) is 23.0 Å². The van der Waals surface area contributed by atoms with E-state index in [0.29, 0.717) is 37.8 Å². The highest BCUT2D eigenvalue weighted by Gasteiger charge is 2.32. The fourth-order valence-corrected chi connectivity index (χ4v) is 4.63. The van der Waals surface area contributed by atoms with Gasteiger partial charge in [0, 0.05) is 45.0 Å². The van der Waals surface area contributed by atoms with Crippen molar-refractivity contribution >= 4 is 23.0 Å². The number of fused-ring (bicyclic) bond motifs is 1. The summed E-state index contributed by atoms with van der Waals surface area (Å²) < 4.78 is 5.24. The Morgan fingerprint density at radius 3 is 2.15 bits per heavy atom. The highest BCUT2D eigenvalue weighted by atomic mass is 16.6. The van der Waals surface area contributed by atoms with Crippen LogP contribution in [-0.4, -0.2) is 54.7 Å². The average Bonchev–Trinajstić information content (AvgIpc) is 2.88. The summed E-state index contributed by atoms with van der Waals surface area (Å²) >= 11 is 0. The lowest BCUT2D eigenvalue weighted by molar-refractivity contribution is -0.383. The zero-order chi connectivity index (χ0) is 22.8. The van der Waals surface area contributed by atoms with Crippen LogP contribution in [0.15, 0.2) is 54.9 Å². The number of piperazine rings is 1. The van der Waals surface area contributed by atoms with Gasteiger partial charge < -0.3 is 19.4 Å². The number of rotatable bonds is 5. The van der Waals surface area contributed by atoms with Crippen LogP contribution in [-0.2, 0) is 13.0 Å². The molecule has 0 bridgehead atoms. The van der Waals surface area contributed by atoms with Crippen molar-refractivity contribution in [2.75, 3.05) is 54.5 Å². The number of hydrogen-bond donors (Lipinski definition) is 0. The average molecular weight is 447 g/mol. The van der Waals surface area contributed by atoms with Crippen molar-refractivity contribution in [3.8, 4) is 5.75 Å². The van der Waals surface area contributed by atoms with Gasteiger partial charge in [-0.15, -0.1) is 0 Å². The molecule has 1 fully saturated rings. The molecule has 33 heavy (non-hydrogen) atoms. The minimum atomic E-state index is -0.332. The van der Waals surface area contributed by atoms with E-state index in [4.69, 9.17) is 4.74 Å². The van der Waals surface area contributed by atoms with Crippen molar-refractivity contribution in [2.45, 2.75) is 13.0 Å². The standard InChI is InChI=1S/C24H26N6O3/c1-33-21-8-6-20(7-9-21)27-12-14-28(15-13-27)23-22(30(31)32)24(26-17-25-23)29-11-10-18-4-2-3-5-19(18)16-29/h2-9,17H,10-16H2,1H3. The van der Waals surface area contributed by atoms with Crippen molar-refractivity contribution in [2.24, 2.45) is 0 Å². The monoisotopic (exact) mass is 446 g/mol. The van der Waals surface area contributed by atoms with Gasteiger partial charge in [-0.05, 0) is 41.8 Å². The Kier molecular flexibility index (Phi) is 5.68. The molecule has 2 aliphatic rings. The minimum absolute atomic E-state index is 0.00483. The molecule has 0 atom stereocenters. The molecule has 0 aliphatic carbocycles. The van der Waals surface area contributed by atoms with Gasteiger partial charge in [0.1, 0.15) is 12.1 Å². The molecule has 0 spiro atoms. The second kappa shape index (κ2) is 8.93. The van der Waals surface area contributed by atoms with E-state index in [1.807, 2.05) is 46.2 Å². The third-order valence-electron chi connectivity index (χ3n) is 6.41. The minimum Gasteiger partial charge on any atom is -0.497 e. The molecule has 0 amide bonds. The lowest BCUT2D eigenvalue weighted by atomic mass is 10.00. The fourth-order valence-electron chi connectivity index (χ4n) is 4.63. The number of anilines is 3. The maximum Gasteiger partial charge on any atom is 0.353 e. The number of methoxy groups -OCH3 is 1. The molecule has 9 heteroatoms. The first-order valence-corrected chi connectivity index (χ1v) is 11.1. The number of ether oxygens (including phenoxy) is 1. The Balaban J connectivity index is 1.36. The SMILES string of the molecule is COc1ccc(N2CCN(c3ncnc(N4CCc5ccccc5C4)c3[N+](=O)[O-])CC2)cc1. The van der Waals surface area contributed by atoms with E-state index in [9.17, 15) is 10.1 Å². The molecule has 0 saturated carbocycles. The quantitative estimate of drug-likeness (QED) is 0.436. The molecule has 2 aromatic carbocycles. The number of aromatic nitrogens is 2. The maximum absolute atomic E-state index is 12.2. The summed E-state index contributed by atoms with van der Waals surface area (Å²) in [6, 6.07) is 16.2. The molecule has 170 valence electrons. The third-order valence-corrected chi connectivity index (χ3v) is 6.41. The maximum atomic E-state index is 12.2. The second-order valence-corrected chi connectivity index (χ2v) is 8.24. The van der Waals surface area contributed by atoms with E-state index >= 15 is 0 Å². The summed E-state index contributed by atoms with van der Waals surface area (Å²) in [7, 11) is 1.65. The van der Waals surface area contributed by atoms with Crippen molar-refractivity contribution in [1.82, 2.24) is 9.97 Å². The van der Waals surface area contributed by atoms with Gasteiger partial charge in [-0.2, -0.15) is 0 Å². The van der Waals surface area contributed by atoms with Gasteiger partial charge in [0.15, 0.2) is 0 Å². The van der Waals surface area contributed by atoms with Gasteiger partial charge in [-0.25, -0.2) is 9.97 Å². The van der Waals surface area contributed by atoms with E-state index in [1.54, 1.807) is 7.11 Å². The smallest absolute Gasteiger partial charge is 0.353 e. The Labute approximate surface area is 192 Å². The zero-order valence-corrected chi connectivity index (χ0v) is 18.6. The van der Waals surface area contributed by atoms with Crippen LogP contribution in [0.2, 0.25) is 0 Å². The summed E-state index contributed by atoms with van der Waals surface area (Å²) in [5, 5.41) is 12.2. The zero-order valence-electron chi connectivity index (χ0n) is 18.6. The highest BCUT2D eigenvalue weighted by molar-refractivity contribution is 5.72. The first kappa shape index (κ1) is 21.0. The highest BCUT2D eigenvalue weighted by Crippen LogP contribution is 2.37. The van der Waals surface area contributed by atoms with Gasteiger partial charge in [0.05, 0.1) is 12.0 Å². The lowest BCUT2D eigenvalue weighted by Gasteiger charge is -2.37. The van der Waals surface area contributed by atoms with Crippen molar-refractivity contribution in [3.05, 3.63) is 76.1 Å². The summed E-state index contributed by atoms with van der Waals surface area (Å²) in [5.74, 6) is 1.62. The van der Waals surface area contributed by atoms with E-state index in [2.05, 4.69) is 27.0 Å². The summed E-state index contributed by atoms with van der Waals surface area (Å²) in [4.78, 5) is 26.8. The van der Waals surface area contributed by atoms with Gasteiger partial charge in [0.2, 0.25) is 11.6 Å². The Bertz CT molecular complexity index is 1150. The first-order valence-electron chi connectivity index (χ1n) is 11.1. The number of hydrogen-bond acceptors (Lipinski definition) is 8. The van der Waals surface area contributed by atoms with Gasteiger partial charge in [-0.1, -0.05) is 24.3 Å². The molecule has 2 aliphatic heterocycles. The van der Waals surface area contributed by atoms with Crippen molar-refractivity contribution < 1.29 is 9.66 Å². The van der Waals surface area contributed by atoms with Crippen LogP contribution in [0.1, 0.15) is 11.1 Å². The van der Waals surface area contributed by atoms with Gasteiger partial charge in [-0.3, -0.25) is 10.1 Å². The Morgan fingerprint density at radius 2 is 1.48 bits per heavy atom. The van der Waals surface area contributed by atoms with Crippen molar-refractivity contribution in [3.63, 3.8) is 0 Å². The predicted octanol–water partition coefficient (Wildman–Crippen LogP) is 3.28. The van der Waals surface area contributed by atoms with E-state index in [0.717, 1.165) is 30.9 Å². The van der Waals surface area contributed by atoms with Crippen LogP contribution in [0.25, 0.3) is 0 Å². The molecule has 5 rings (SSSR count). The molecule has 0 unspecified atom stereocenters. The van der Waals surface area contributed by atoms with Gasteiger partial charge >= 0.3 is 5.69 Å². The fraction of sp³-hybridized carbons (Fsp3) is 0.333. The summed E-state index contributed by atoms with van der Waals surface area (Å²) in [6.45, 7) is 4.09. The molecule has 1 aromatic heterocycles. The van der Waals surface area contributed by atoms with Crippen LogP contribution in [0.3, 0.4) is 0 Å². The Hall–Kier alpha value is -3.88. The topological polar surface area (TPSA) is 87.9 Å². The largest absolute Gasteiger partial charge is 0.497 e. The molecular weight excluding hydrogens is 420 g/mol. The van der Waals surface area contributed by atoms with E-state index in [-0.39, 0.29) is 10.6 Å². The predicted molar refractivity (Wildman–Crippen MR) is 127 cm³/mol. The Morgan fingerprint density at radius 1 is 0.848 bits per heavy atom. The van der Waals surface area contributed by atoms with Crippen molar-refractivity contribution in [1.29, 1.82) is 0 Å². The van der Waals surface area contributed by atoms with E-state index in [1.165, 1.54) is 17.5 Å². The van der Waals surface area contributed by atoms with Gasteiger partial charge in [0.25, 0.3) is 0 Å².